The van der Waals surface area contributed by atoms with E-state index in [1.54, 1.807) is 21.3 Å². The fraction of sp³-hybridized carbons (Fsp3) is 0.538. The Labute approximate surface area is 182 Å². The predicted molar refractivity (Wildman–Crippen MR) is 123 cm³/mol. The minimum atomic E-state index is 0.622. The molecule has 4 nitrogen and oxygen atoms in total. The number of ether oxygens (including phenoxy) is 3. The molecule has 0 spiro atoms. The number of hydrogen-bond acceptors (Lipinski definition) is 4. The van der Waals surface area contributed by atoms with Crippen LogP contribution < -0.4 is 14.2 Å². The zero-order valence-electron chi connectivity index (χ0n) is 19.1. The lowest BCUT2D eigenvalue weighted by Gasteiger charge is -2.22. The van der Waals surface area contributed by atoms with Gasteiger partial charge in [-0.15, -0.1) is 0 Å². The number of fused-ring (bicyclic) bond motifs is 1. The largest absolute Gasteiger partial charge is 0.497 e. The lowest BCUT2D eigenvalue weighted by molar-refractivity contribution is 0.322. The fourth-order valence-corrected chi connectivity index (χ4v) is 4.53. The van der Waals surface area contributed by atoms with Gasteiger partial charge in [-0.05, 0) is 99.0 Å². The van der Waals surface area contributed by atoms with Crippen LogP contribution in [0.1, 0.15) is 54.7 Å². The number of nitrogens with zero attached hydrogens (tertiary/aromatic N) is 1. The van der Waals surface area contributed by atoms with Crippen LogP contribution in [0.15, 0.2) is 36.4 Å². The summed E-state index contributed by atoms with van der Waals surface area (Å²) in [5.41, 5.74) is 4.29. The van der Waals surface area contributed by atoms with Gasteiger partial charge in [-0.3, -0.25) is 0 Å². The van der Waals surface area contributed by atoms with Gasteiger partial charge in [0.2, 0.25) is 0 Å². The Bertz CT molecular complexity index is 788. The maximum absolute atomic E-state index is 5.58. The molecule has 30 heavy (non-hydrogen) atoms. The molecular formula is C26H37NO3. The molecule has 0 saturated carbocycles. The second-order valence-electron chi connectivity index (χ2n) is 8.39. The van der Waals surface area contributed by atoms with Crippen LogP contribution in [0.25, 0.3) is 0 Å². The predicted octanol–water partition coefficient (Wildman–Crippen LogP) is 5.48. The highest BCUT2D eigenvalue weighted by Gasteiger charge is 2.21. The number of rotatable bonds is 10. The van der Waals surface area contributed by atoms with Crippen LogP contribution >= 0.6 is 0 Å². The molecule has 0 fully saturated rings. The summed E-state index contributed by atoms with van der Waals surface area (Å²) in [5.74, 6) is 3.26. The molecule has 1 aliphatic rings. The van der Waals surface area contributed by atoms with Crippen LogP contribution in [0.5, 0.6) is 17.2 Å². The molecule has 2 aromatic carbocycles. The molecule has 0 amide bonds. The van der Waals surface area contributed by atoms with E-state index in [1.807, 2.05) is 12.1 Å². The Morgan fingerprint density at radius 2 is 1.63 bits per heavy atom. The average molecular weight is 412 g/mol. The van der Waals surface area contributed by atoms with E-state index in [9.17, 15) is 0 Å². The third-order valence-electron chi connectivity index (χ3n) is 6.37. The van der Waals surface area contributed by atoms with Gasteiger partial charge in [0.25, 0.3) is 0 Å². The van der Waals surface area contributed by atoms with Crippen molar-refractivity contribution in [3.05, 3.63) is 53.1 Å². The van der Waals surface area contributed by atoms with Crippen LogP contribution in [0, 0.1) is 0 Å². The van der Waals surface area contributed by atoms with E-state index in [4.69, 9.17) is 14.2 Å². The fourth-order valence-electron chi connectivity index (χ4n) is 4.53. The van der Waals surface area contributed by atoms with Crippen LogP contribution in [0.2, 0.25) is 0 Å². The van der Waals surface area contributed by atoms with Crippen molar-refractivity contribution in [3.8, 4) is 17.2 Å². The van der Waals surface area contributed by atoms with Crippen molar-refractivity contribution in [3.63, 3.8) is 0 Å². The van der Waals surface area contributed by atoms with Gasteiger partial charge in [0.15, 0.2) is 11.5 Å². The smallest absolute Gasteiger partial charge is 0.161 e. The molecule has 1 atom stereocenters. The van der Waals surface area contributed by atoms with Gasteiger partial charge >= 0.3 is 0 Å². The molecule has 0 aliphatic heterocycles. The quantitative estimate of drug-likeness (QED) is 0.485. The average Bonchev–Trinajstić information content (AvgIpc) is 2.98. The van der Waals surface area contributed by atoms with Crippen LogP contribution in [-0.4, -0.2) is 46.4 Å². The Kier molecular flexibility index (Phi) is 8.44. The maximum atomic E-state index is 5.58. The van der Waals surface area contributed by atoms with E-state index in [0.29, 0.717) is 5.92 Å². The second-order valence-corrected chi connectivity index (χ2v) is 8.39. The first-order chi connectivity index (χ1) is 14.6. The van der Waals surface area contributed by atoms with Crippen molar-refractivity contribution >= 4 is 0 Å². The number of hydrogen-bond donors (Lipinski definition) is 0. The normalized spacial score (nSPS) is 16.1. The van der Waals surface area contributed by atoms with Gasteiger partial charge in [-0.1, -0.05) is 18.6 Å². The van der Waals surface area contributed by atoms with Crippen molar-refractivity contribution < 1.29 is 14.2 Å². The van der Waals surface area contributed by atoms with E-state index in [-0.39, 0.29) is 0 Å². The lowest BCUT2D eigenvalue weighted by Crippen LogP contribution is -2.23. The van der Waals surface area contributed by atoms with Crippen molar-refractivity contribution in [1.29, 1.82) is 0 Å². The third-order valence-corrected chi connectivity index (χ3v) is 6.37. The topological polar surface area (TPSA) is 30.9 Å². The van der Waals surface area contributed by atoms with Crippen LogP contribution in [0.4, 0.5) is 0 Å². The molecule has 1 aliphatic carbocycles. The first-order valence-corrected chi connectivity index (χ1v) is 11.2. The minimum absolute atomic E-state index is 0.622. The molecule has 2 aromatic rings. The summed E-state index contributed by atoms with van der Waals surface area (Å²) < 4.78 is 16.4. The highest BCUT2D eigenvalue weighted by molar-refractivity contribution is 5.49. The zero-order valence-corrected chi connectivity index (χ0v) is 19.1. The van der Waals surface area contributed by atoms with E-state index >= 15 is 0 Å². The van der Waals surface area contributed by atoms with E-state index in [2.05, 4.69) is 36.2 Å². The summed E-state index contributed by atoms with van der Waals surface area (Å²) in [6.07, 6.45) is 8.51. The summed E-state index contributed by atoms with van der Waals surface area (Å²) in [5, 5.41) is 0. The van der Waals surface area contributed by atoms with Gasteiger partial charge in [-0.2, -0.15) is 0 Å². The summed E-state index contributed by atoms with van der Waals surface area (Å²) >= 11 is 0. The van der Waals surface area contributed by atoms with E-state index in [1.165, 1.54) is 48.8 Å². The lowest BCUT2D eigenvalue weighted by atomic mass is 9.88. The van der Waals surface area contributed by atoms with Crippen molar-refractivity contribution in [2.75, 3.05) is 41.5 Å². The summed E-state index contributed by atoms with van der Waals surface area (Å²) in [7, 11) is 7.40. The molecule has 4 heteroatoms. The maximum Gasteiger partial charge on any atom is 0.161 e. The number of benzene rings is 2. The Morgan fingerprint density at radius 1 is 0.900 bits per heavy atom. The minimum Gasteiger partial charge on any atom is -0.497 e. The standard InChI is InChI=1S/C26H37NO3/c1-27(17-15-20-11-13-23(28-2)14-12-20)16-7-10-21-8-5-6-9-22-18-25(29-3)26(30-4)19-24(21)22/h11-14,18-19,21H,5-10,15-17H2,1-4H3. The Balaban J connectivity index is 1.52. The van der Waals surface area contributed by atoms with Crippen molar-refractivity contribution in [2.45, 2.75) is 50.9 Å². The van der Waals surface area contributed by atoms with Crippen molar-refractivity contribution in [1.82, 2.24) is 4.90 Å². The molecule has 0 aromatic heterocycles. The number of methoxy groups -OCH3 is 3. The highest BCUT2D eigenvalue weighted by atomic mass is 16.5. The molecule has 0 radical (unpaired) electrons. The Hall–Kier alpha value is -2.20. The summed E-state index contributed by atoms with van der Waals surface area (Å²) in [4.78, 5) is 2.45. The molecule has 0 N–H and O–H groups in total. The van der Waals surface area contributed by atoms with Gasteiger partial charge in [0.1, 0.15) is 5.75 Å². The van der Waals surface area contributed by atoms with Crippen LogP contribution in [-0.2, 0) is 12.8 Å². The number of aryl methyl sites for hydroxylation is 1. The molecule has 1 unspecified atom stereocenters. The highest BCUT2D eigenvalue weighted by Crippen LogP contribution is 2.40. The van der Waals surface area contributed by atoms with Gasteiger partial charge in [0.05, 0.1) is 21.3 Å². The van der Waals surface area contributed by atoms with Crippen molar-refractivity contribution in [2.24, 2.45) is 0 Å². The molecule has 0 saturated heterocycles. The Morgan fingerprint density at radius 3 is 2.33 bits per heavy atom. The molecule has 0 heterocycles. The second kappa shape index (κ2) is 11.3. The van der Waals surface area contributed by atoms with Gasteiger partial charge in [-0.25, -0.2) is 0 Å². The van der Waals surface area contributed by atoms with Gasteiger partial charge < -0.3 is 19.1 Å². The van der Waals surface area contributed by atoms with Crippen LogP contribution in [0.3, 0.4) is 0 Å². The molecule has 0 bridgehead atoms. The summed E-state index contributed by atoms with van der Waals surface area (Å²) in [6, 6.07) is 12.9. The third kappa shape index (κ3) is 5.91. The molecule has 3 rings (SSSR count). The SMILES string of the molecule is COc1ccc(CCN(C)CCCC2CCCCc3cc(OC)c(OC)cc32)cc1. The van der Waals surface area contributed by atoms with Gasteiger partial charge in [0, 0.05) is 6.54 Å². The summed E-state index contributed by atoms with van der Waals surface area (Å²) in [6.45, 7) is 2.22. The monoisotopic (exact) mass is 411 g/mol. The zero-order chi connectivity index (χ0) is 21.3. The molecule has 164 valence electrons. The first kappa shape index (κ1) is 22.5. The van der Waals surface area contributed by atoms with E-state index < -0.39 is 0 Å². The first-order valence-electron chi connectivity index (χ1n) is 11.2. The number of likely N-dealkylation sites (N-methyl/N-ethyl adjacent to an activating group) is 1. The van der Waals surface area contributed by atoms with E-state index in [0.717, 1.165) is 43.2 Å². The molecular weight excluding hydrogens is 374 g/mol.